The van der Waals surface area contributed by atoms with Gasteiger partial charge in [0.15, 0.2) is 0 Å². The van der Waals surface area contributed by atoms with E-state index in [2.05, 4.69) is 0 Å². The number of carbonyl (C=O) groups is 1. The molecule has 39 heavy (non-hydrogen) atoms. The van der Waals surface area contributed by atoms with Crippen LogP contribution in [0.2, 0.25) is 0 Å². The molecular weight excluding hydrogens is 523 g/mol. The average Bonchev–Trinajstić information content (AvgIpc) is 2.91. The molecule has 3 aromatic rings. The lowest BCUT2D eigenvalue weighted by atomic mass is 9.98. The van der Waals surface area contributed by atoms with E-state index in [9.17, 15) is 27.8 Å². The van der Waals surface area contributed by atoms with E-state index in [1.54, 1.807) is 36.4 Å². The van der Waals surface area contributed by atoms with Crippen LogP contribution in [0.15, 0.2) is 83.8 Å². The first-order chi connectivity index (χ1) is 18.5. The van der Waals surface area contributed by atoms with Crippen LogP contribution in [0.1, 0.15) is 25.0 Å². The molecule has 0 radical (unpaired) electrons. The summed E-state index contributed by atoms with van der Waals surface area (Å²) in [6.07, 6.45) is -2.60. The summed E-state index contributed by atoms with van der Waals surface area (Å²) in [7, 11) is -2.55. The molecule has 0 aromatic heterocycles. The number of halogens is 1. The molecule has 0 aliphatic heterocycles. The van der Waals surface area contributed by atoms with E-state index in [1.807, 2.05) is 19.9 Å². The summed E-state index contributed by atoms with van der Waals surface area (Å²) in [6, 6.07) is 19.4. The molecule has 0 aliphatic rings. The zero-order valence-electron chi connectivity index (χ0n) is 22.3. The molecule has 10 heteroatoms. The minimum Gasteiger partial charge on any atom is -0.497 e. The Bertz CT molecular complexity index is 1300. The third-order valence-corrected chi connectivity index (χ3v) is 8.15. The third kappa shape index (κ3) is 8.26. The first-order valence-corrected chi connectivity index (χ1v) is 14.1. The molecular formula is C29H35FN2O6S. The molecule has 0 bridgehead atoms. The molecule has 0 spiro atoms. The number of hydrogen-bond donors (Lipinski definition) is 2. The molecule has 0 saturated heterocycles. The van der Waals surface area contributed by atoms with Gasteiger partial charge in [-0.2, -0.15) is 4.31 Å². The van der Waals surface area contributed by atoms with E-state index in [1.165, 1.54) is 47.8 Å². The fourth-order valence-corrected chi connectivity index (χ4v) is 5.95. The number of benzene rings is 3. The SMILES string of the molecule is COc1ccc(S(=O)(=O)N(CC(C)C)C[C@@H](O)[C@H](Cc2ccc(F)cc2)N(Cc2ccccc2)C(=O)O)cc1. The van der Waals surface area contributed by atoms with Crippen LogP contribution < -0.4 is 4.74 Å². The monoisotopic (exact) mass is 558 g/mol. The highest BCUT2D eigenvalue weighted by atomic mass is 32.2. The molecule has 210 valence electrons. The van der Waals surface area contributed by atoms with Crippen molar-refractivity contribution in [3.8, 4) is 5.75 Å². The summed E-state index contributed by atoms with van der Waals surface area (Å²) >= 11 is 0. The van der Waals surface area contributed by atoms with Gasteiger partial charge < -0.3 is 14.9 Å². The highest BCUT2D eigenvalue weighted by Gasteiger charge is 2.35. The van der Waals surface area contributed by atoms with Crippen LogP contribution in [0, 0.1) is 11.7 Å². The first-order valence-electron chi connectivity index (χ1n) is 12.6. The van der Waals surface area contributed by atoms with Crippen molar-refractivity contribution in [2.24, 2.45) is 5.92 Å². The fraction of sp³-hybridized carbons (Fsp3) is 0.345. The maximum Gasteiger partial charge on any atom is 0.407 e. The van der Waals surface area contributed by atoms with Crippen molar-refractivity contribution >= 4 is 16.1 Å². The molecule has 0 saturated carbocycles. The highest BCUT2D eigenvalue weighted by molar-refractivity contribution is 7.89. The minimum atomic E-state index is -4.03. The van der Waals surface area contributed by atoms with E-state index >= 15 is 0 Å². The van der Waals surface area contributed by atoms with Gasteiger partial charge in [-0.15, -0.1) is 0 Å². The molecule has 8 nitrogen and oxygen atoms in total. The number of aliphatic hydroxyl groups excluding tert-OH is 1. The Balaban J connectivity index is 1.97. The Morgan fingerprint density at radius 1 is 0.923 bits per heavy atom. The van der Waals surface area contributed by atoms with Crippen LogP contribution in [0.4, 0.5) is 9.18 Å². The van der Waals surface area contributed by atoms with Crippen molar-refractivity contribution in [1.82, 2.24) is 9.21 Å². The summed E-state index contributed by atoms with van der Waals surface area (Å²) in [4.78, 5) is 13.6. The maximum absolute atomic E-state index is 13.6. The van der Waals surface area contributed by atoms with Gasteiger partial charge in [-0.3, -0.25) is 4.90 Å². The van der Waals surface area contributed by atoms with Crippen molar-refractivity contribution in [2.45, 2.75) is 43.9 Å². The minimum absolute atomic E-state index is 0.0193. The molecule has 0 fully saturated rings. The van der Waals surface area contributed by atoms with Crippen LogP contribution >= 0.6 is 0 Å². The number of methoxy groups -OCH3 is 1. The number of ether oxygens (including phenoxy) is 1. The molecule has 3 rings (SSSR count). The van der Waals surface area contributed by atoms with E-state index in [4.69, 9.17) is 4.74 Å². The standard InChI is InChI=1S/C29H35FN2O6S/c1-21(2)18-31(39(36,37)26-15-13-25(38-3)14-16-26)20-28(33)27(17-22-9-11-24(30)12-10-22)32(29(34)35)19-23-7-5-4-6-8-23/h4-16,21,27-28,33H,17-20H2,1-3H3,(H,34,35)/t27-,28+/m0/s1. The van der Waals surface area contributed by atoms with Crippen LogP contribution in [-0.2, 0) is 23.0 Å². The van der Waals surface area contributed by atoms with Crippen LogP contribution in [0.25, 0.3) is 0 Å². The largest absolute Gasteiger partial charge is 0.497 e. The highest BCUT2D eigenvalue weighted by Crippen LogP contribution is 2.23. The average molecular weight is 559 g/mol. The van der Waals surface area contributed by atoms with Gasteiger partial charge in [0.1, 0.15) is 11.6 Å². The second-order valence-electron chi connectivity index (χ2n) is 9.75. The Morgan fingerprint density at radius 2 is 1.54 bits per heavy atom. The van der Waals surface area contributed by atoms with E-state index in [0.29, 0.717) is 16.9 Å². The molecule has 1 amide bonds. The van der Waals surface area contributed by atoms with Gasteiger partial charge in [0, 0.05) is 19.6 Å². The summed E-state index contributed by atoms with van der Waals surface area (Å²) < 4.78 is 47.1. The van der Waals surface area contributed by atoms with Gasteiger partial charge in [-0.05, 0) is 59.9 Å². The second kappa shape index (κ2) is 13.5. The first kappa shape index (κ1) is 30.1. The summed E-state index contributed by atoms with van der Waals surface area (Å²) in [5, 5.41) is 21.6. The van der Waals surface area contributed by atoms with Crippen LogP contribution in [0.5, 0.6) is 5.75 Å². The van der Waals surface area contributed by atoms with Crippen LogP contribution in [0.3, 0.4) is 0 Å². The molecule has 0 aliphatic carbocycles. The number of rotatable bonds is 13. The number of sulfonamides is 1. The van der Waals surface area contributed by atoms with Crippen molar-refractivity contribution in [3.63, 3.8) is 0 Å². The lowest BCUT2D eigenvalue weighted by molar-refractivity contribution is 0.0337. The summed E-state index contributed by atoms with van der Waals surface area (Å²) in [5.74, 6) is -0.00801. The van der Waals surface area contributed by atoms with Gasteiger partial charge >= 0.3 is 6.09 Å². The van der Waals surface area contributed by atoms with Crippen molar-refractivity contribution < 1.29 is 32.6 Å². The lowest BCUT2D eigenvalue weighted by Crippen LogP contribution is -2.52. The number of aliphatic hydroxyl groups is 1. The Hall–Kier alpha value is -3.47. The Labute approximate surface area is 229 Å². The van der Waals surface area contributed by atoms with Gasteiger partial charge in [-0.25, -0.2) is 17.6 Å². The number of hydrogen-bond acceptors (Lipinski definition) is 5. The predicted octanol–water partition coefficient (Wildman–Crippen LogP) is 4.63. The summed E-state index contributed by atoms with van der Waals surface area (Å²) in [5.41, 5.74) is 1.31. The fourth-order valence-electron chi connectivity index (χ4n) is 4.33. The predicted molar refractivity (Wildman–Crippen MR) is 146 cm³/mol. The van der Waals surface area contributed by atoms with E-state index < -0.39 is 34.1 Å². The van der Waals surface area contributed by atoms with E-state index in [0.717, 1.165) is 4.90 Å². The third-order valence-electron chi connectivity index (χ3n) is 6.30. The van der Waals surface area contributed by atoms with Crippen LogP contribution in [-0.4, -0.2) is 66.3 Å². The molecule has 2 N–H and O–H groups in total. The molecule has 2 atom stereocenters. The molecule has 3 aromatic carbocycles. The van der Waals surface area contributed by atoms with Gasteiger partial charge in [-0.1, -0.05) is 56.3 Å². The Morgan fingerprint density at radius 3 is 2.08 bits per heavy atom. The molecule has 0 unspecified atom stereocenters. The topological polar surface area (TPSA) is 107 Å². The number of carboxylic acid groups (broad SMARTS) is 1. The normalized spacial score (nSPS) is 13.3. The van der Waals surface area contributed by atoms with Crippen molar-refractivity contribution in [3.05, 3.63) is 95.8 Å². The van der Waals surface area contributed by atoms with Gasteiger partial charge in [0.05, 0.1) is 24.2 Å². The maximum atomic E-state index is 13.6. The Kier molecular flexibility index (Phi) is 10.4. The second-order valence-corrected chi connectivity index (χ2v) is 11.7. The van der Waals surface area contributed by atoms with Crippen molar-refractivity contribution in [1.29, 1.82) is 0 Å². The molecule has 0 heterocycles. The number of nitrogens with zero attached hydrogens (tertiary/aromatic N) is 2. The zero-order chi connectivity index (χ0) is 28.6. The van der Waals surface area contributed by atoms with E-state index in [-0.39, 0.29) is 36.9 Å². The lowest BCUT2D eigenvalue weighted by Gasteiger charge is -2.36. The zero-order valence-corrected chi connectivity index (χ0v) is 23.1. The number of amides is 1. The summed E-state index contributed by atoms with van der Waals surface area (Å²) in [6.45, 7) is 3.47. The van der Waals surface area contributed by atoms with Crippen molar-refractivity contribution in [2.75, 3.05) is 20.2 Å². The van der Waals surface area contributed by atoms with Gasteiger partial charge in [0.25, 0.3) is 0 Å². The smallest absolute Gasteiger partial charge is 0.407 e. The van der Waals surface area contributed by atoms with Gasteiger partial charge in [0.2, 0.25) is 10.0 Å². The quantitative estimate of drug-likeness (QED) is 0.317.